The molecule has 1 atom stereocenters. The van der Waals surface area contributed by atoms with Crippen LogP contribution in [-0.2, 0) is 6.54 Å². The van der Waals surface area contributed by atoms with Gasteiger partial charge in [0.15, 0.2) is 17.5 Å². The van der Waals surface area contributed by atoms with Crippen LogP contribution in [0.2, 0.25) is 0 Å². The molecule has 2 aromatic rings. The highest BCUT2D eigenvalue weighted by Crippen LogP contribution is 2.37. The van der Waals surface area contributed by atoms with Crippen LogP contribution in [0.1, 0.15) is 12.0 Å². The summed E-state index contributed by atoms with van der Waals surface area (Å²) >= 11 is 0. The highest BCUT2D eigenvalue weighted by atomic mass is 127. The quantitative estimate of drug-likeness (QED) is 0.293. The number of methoxy groups -OCH3 is 2. The van der Waals surface area contributed by atoms with E-state index in [9.17, 15) is 13.9 Å². The van der Waals surface area contributed by atoms with Crippen molar-refractivity contribution < 1.29 is 23.4 Å². The molecule has 0 radical (unpaired) electrons. The standard InChI is InChI=1S/C21H26F2N4O3.HI/c1-24-21(25-11-13-8-18(29-2)20(28)19(9-13)30-3)26-15-6-7-27(12-15)17-5-4-14(22)10-16(17)23;/h4-5,8-10,15,28H,6-7,11-12H2,1-3H3,(H2,24,25,26);1H. The summed E-state index contributed by atoms with van der Waals surface area (Å²) < 4.78 is 37.5. The minimum absolute atomic E-state index is 0. The van der Waals surface area contributed by atoms with E-state index < -0.39 is 11.6 Å². The number of hydrogen-bond donors (Lipinski definition) is 3. The summed E-state index contributed by atoms with van der Waals surface area (Å²) in [4.78, 5) is 6.12. The lowest BCUT2D eigenvalue weighted by atomic mass is 10.2. The number of nitrogens with zero attached hydrogens (tertiary/aromatic N) is 2. The smallest absolute Gasteiger partial charge is 0.200 e. The molecule has 31 heavy (non-hydrogen) atoms. The number of benzene rings is 2. The molecule has 1 heterocycles. The number of ether oxygens (including phenoxy) is 2. The molecule has 0 spiro atoms. The lowest BCUT2D eigenvalue weighted by Gasteiger charge is -2.21. The average molecular weight is 548 g/mol. The molecule has 3 rings (SSSR count). The van der Waals surface area contributed by atoms with Gasteiger partial charge in [0.1, 0.15) is 11.6 Å². The highest BCUT2D eigenvalue weighted by Gasteiger charge is 2.25. The second-order valence-electron chi connectivity index (χ2n) is 6.95. The first-order chi connectivity index (χ1) is 14.4. The van der Waals surface area contributed by atoms with E-state index in [-0.39, 0.29) is 35.8 Å². The Labute approximate surface area is 197 Å². The largest absolute Gasteiger partial charge is 0.502 e. The first kappa shape index (κ1) is 24.8. The van der Waals surface area contributed by atoms with Crippen LogP contribution in [0.3, 0.4) is 0 Å². The van der Waals surface area contributed by atoms with Crippen molar-refractivity contribution in [3.63, 3.8) is 0 Å². The van der Waals surface area contributed by atoms with E-state index in [2.05, 4.69) is 15.6 Å². The Bertz CT molecular complexity index is 904. The molecule has 7 nitrogen and oxygen atoms in total. The number of aromatic hydroxyl groups is 1. The zero-order chi connectivity index (χ0) is 21.7. The summed E-state index contributed by atoms with van der Waals surface area (Å²) in [5.74, 6) is 0.0343. The zero-order valence-electron chi connectivity index (χ0n) is 17.6. The van der Waals surface area contributed by atoms with E-state index >= 15 is 0 Å². The van der Waals surface area contributed by atoms with Gasteiger partial charge in [-0.1, -0.05) is 0 Å². The van der Waals surface area contributed by atoms with Crippen molar-refractivity contribution >= 4 is 35.6 Å². The van der Waals surface area contributed by atoms with Crippen LogP contribution >= 0.6 is 24.0 Å². The average Bonchev–Trinajstić information content (AvgIpc) is 3.19. The molecule has 3 N–H and O–H groups in total. The van der Waals surface area contributed by atoms with Crippen molar-refractivity contribution in [3.05, 3.63) is 47.5 Å². The van der Waals surface area contributed by atoms with Gasteiger partial charge in [0, 0.05) is 38.8 Å². The monoisotopic (exact) mass is 548 g/mol. The molecular weight excluding hydrogens is 521 g/mol. The van der Waals surface area contributed by atoms with Crippen molar-refractivity contribution in [2.45, 2.75) is 19.0 Å². The zero-order valence-corrected chi connectivity index (χ0v) is 19.9. The summed E-state index contributed by atoms with van der Waals surface area (Å²) in [5.41, 5.74) is 1.23. The van der Waals surface area contributed by atoms with Crippen molar-refractivity contribution in [2.75, 3.05) is 39.3 Å². The van der Waals surface area contributed by atoms with Gasteiger partial charge in [0.25, 0.3) is 0 Å². The number of halogens is 3. The topological polar surface area (TPSA) is 78.4 Å². The molecule has 0 aliphatic carbocycles. The summed E-state index contributed by atoms with van der Waals surface area (Å²) in [6, 6.07) is 7.12. The van der Waals surface area contributed by atoms with E-state index in [0.717, 1.165) is 18.1 Å². The molecule has 1 unspecified atom stereocenters. The summed E-state index contributed by atoms with van der Waals surface area (Å²) in [5, 5.41) is 16.6. The summed E-state index contributed by atoms with van der Waals surface area (Å²) in [7, 11) is 4.61. The first-order valence-corrected chi connectivity index (χ1v) is 9.56. The molecule has 1 aliphatic heterocycles. The molecule has 0 bridgehead atoms. The number of anilines is 1. The third-order valence-electron chi connectivity index (χ3n) is 5.00. The summed E-state index contributed by atoms with van der Waals surface area (Å²) in [6.07, 6.45) is 0.790. The molecule has 2 aromatic carbocycles. The number of rotatable bonds is 6. The Kier molecular flexibility index (Phi) is 8.96. The Morgan fingerprint density at radius 1 is 1.19 bits per heavy atom. The van der Waals surface area contributed by atoms with Gasteiger partial charge in [-0.2, -0.15) is 0 Å². The van der Waals surface area contributed by atoms with Crippen LogP contribution in [0.5, 0.6) is 17.2 Å². The maximum Gasteiger partial charge on any atom is 0.200 e. The van der Waals surface area contributed by atoms with Crippen molar-refractivity contribution in [1.82, 2.24) is 10.6 Å². The first-order valence-electron chi connectivity index (χ1n) is 9.56. The van der Waals surface area contributed by atoms with Gasteiger partial charge in [0.05, 0.1) is 19.9 Å². The number of hydrogen-bond acceptors (Lipinski definition) is 5. The molecule has 0 amide bonds. The Morgan fingerprint density at radius 2 is 1.87 bits per heavy atom. The minimum atomic E-state index is -0.586. The minimum Gasteiger partial charge on any atom is -0.502 e. The number of phenolic OH excluding ortho intramolecular Hbond substituents is 1. The van der Waals surface area contributed by atoms with Crippen LogP contribution in [0.25, 0.3) is 0 Å². The van der Waals surface area contributed by atoms with Gasteiger partial charge >= 0.3 is 0 Å². The van der Waals surface area contributed by atoms with Crippen molar-refractivity contribution in [2.24, 2.45) is 4.99 Å². The van der Waals surface area contributed by atoms with Crippen LogP contribution in [0.4, 0.5) is 14.5 Å². The highest BCUT2D eigenvalue weighted by molar-refractivity contribution is 14.0. The SMILES string of the molecule is CN=C(NCc1cc(OC)c(O)c(OC)c1)NC1CCN(c2ccc(F)cc2F)C1.I. The van der Waals surface area contributed by atoms with E-state index in [4.69, 9.17) is 9.47 Å². The van der Waals surface area contributed by atoms with Gasteiger partial charge in [-0.3, -0.25) is 4.99 Å². The van der Waals surface area contributed by atoms with Crippen LogP contribution in [0, 0.1) is 11.6 Å². The molecule has 10 heteroatoms. The van der Waals surface area contributed by atoms with Crippen molar-refractivity contribution in [3.8, 4) is 17.2 Å². The number of phenols is 1. The fourth-order valence-corrected chi connectivity index (χ4v) is 3.46. The fraction of sp³-hybridized carbons (Fsp3) is 0.381. The van der Waals surface area contributed by atoms with Crippen molar-refractivity contribution in [1.29, 1.82) is 0 Å². The van der Waals surface area contributed by atoms with Crippen LogP contribution in [0.15, 0.2) is 35.3 Å². The maximum absolute atomic E-state index is 14.0. The number of aliphatic imine (C=N–C) groups is 1. The molecule has 0 aromatic heterocycles. The predicted octanol–water partition coefficient (Wildman–Crippen LogP) is 3.25. The normalized spacial score (nSPS) is 16.0. The molecule has 1 aliphatic rings. The second kappa shape index (κ2) is 11.2. The molecule has 170 valence electrons. The van der Waals surface area contributed by atoms with E-state index in [1.807, 2.05) is 4.90 Å². The molecule has 1 fully saturated rings. The maximum atomic E-state index is 14.0. The van der Waals surface area contributed by atoms with Gasteiger partial charge in [0.2, 0.25) is 5.75 Å². The second-order valence-corrected chi connectivity index (χ2v) is 6.95. The van der Waals surface area contributed by atoms with Crippen LogP contribution < -0.4 is 25.0 Å². The Hall–Kier alpha value is -2.50. The third kappa shape index (κ3) is 6.02. The third-order valence-corrected chi connectivity index (χ3v) is 5.00. The molecule has 1 saturated heterocycles. The summed E-state index contributed by atoms with van der Waals surface area (Å²) in [6.45, 7) is 1.66. The Balaban J connectivity index is 0.00000341. The van der Waals surface area contributed by atoms with Gasteiger partial charge in [-0.15, -0.1) is 24.0 Å². The lowest BCUT2D eigenvalue weighted by Crippen LogP contribution is -2.44. The van der Waals surface area contributed by atoms with Gasteiger partial charge < -0.3 is 30.1 Å². The van der Waals surface area contributed by atoms with Gasteiger partial charge in [-0.05, 0) is 36.2 Å². The Morgan fingerprint density at radius 3 is 2.45 bits per heavy atom. The van der Waals surface area contributed by atoms with E-state index in [1.165, 1.54) is 26.4 Å². The van der Waals surface area contributed by atoms with Gasteiger partial charge in [-0.25, -0.2) is 8.78 Å². The van der Waals surface area contributed by atoms with E-state index in [1.54, 1.807) is 19.2 Å². The number of nitrogens with one attached hydrogen (secondary N) is 2. The molecular formula is C21H27F2IN4O3. The fourth-order valence-electron chi connectivity index (χ4n) is 3.46. The number of guanidine groups is 1. The molecule has 0 saturated carbocycles. The predicted molar refractivity (Wildman–Crippen MR) is 127 cm³/mol. The van der Waals surface area contributed by atoms with E-state index in [0.29, 0.717) is 42.8 Å². The lowest BCUT2D eigenvalue weighted by molar-refractivity contribution is 0.339. The van der Waals surface area contributed by atoms with Crippen LogP contribution in [-0.4, -0.2) is 51.5 Å².